The molecule has 2 unspecified atom stereocenters. The van der Waals surface area contributed by atoms with Gasteiger partial charge in [0.05, 0.1) is 0 Å². The lowest BCUT2D eigenvalue weighted by molar-refractivity contribution is 0.199. The van der Waals surface area contributed by atoms with Crippen LogP contribution in [0.3, 0.4) is 0 Å². The molecule has 0 aliphatic heterocycles. The molecule has 2 rings (SSSR count). The predicted molar refractivity (Wildman–Crippen MR) is 58.5 cm³/mol. The van der Waals surface area contributed by atoms with E-state index in [1.807, 2.05) is 11.6 Å². The lowest BCUT2D eigenvalue weighted by Gasteiger charge is -2.17. The minimum Gasteiger partial charge on any atom is -0.396 e. The molecule has 78 valence electrons. The number of aliphatic hydroxyl groups excluding tert-OH is 1. The molecule has 2 N–H and O–H groups in total. The van der Waals surface area contributed by atoms with Crippen molar-refractivity contribution in [1.29, 1.82) is 0 Å². The standard InChI is InChI=1S/C10H16N2OS/c13-7-9-3-1-2-8(9)6-12-10-11-4-5-14-10/h4-5,8-9,13H,1-3,6-7H2,(H,11,12). The second kappa shape index (κ2) is 4.75. The van der Waals surface area contributed by atoms with Crippen molar-refractivity contribution in [1.82, 2.24) is 4.98 Å². The summed E-state index contributed by atoms with van der Waals surface area (Å²) in [4.78, 5) is 4.17. The fourth-order valence-electron chi connectivity index (χ4n) is 2.15. The molecule has 0 spiro atoms. The van der Waals surface area contributed by atoms with E-state index in [0.717, 1.165) is 11.7 Å². The van der Waals surface area contributed by atoms with Gasteiger partial charge in [-0.25, -0.2) is 4.98 Å². The second-order valence-corrected chi connectivity index (χ2v) is 4.75. The van der Waals surface area contributed by atoms with Crippen LogP contribution in [0.4, 0.5) is 5.13 Å². The number of nitrogens with zero attached hydrogens (tertiary/aromatic N) is 1. The third-order valence-corrected chi connectivity index (χ3v) is 3.73. The van der Waals surface area contributed by atoms with E-state index in [-0.39, 0.29) is 0 Å². The highest BCUT2D eigenvalue weighted by atomic mass is 32.1. The predicted octanol–water partition coefficient (Wildman–Crippen LogP) is 1.96. The Kier molecular flexibility index (Phi) is 3.37. The Morgan fingerprint density at radius 1 is 1.50 bits per heavy atom. The van der Waals surface area contributed by atoms with Gasteiger partial charge in [0.2, 0.25) is 0 Å². The molecule has 14 heavy (non-hydrogen) atoms. The van der Waals surface area contributed by atoms with Crippen LogP contribution in [-0.2, 0) is 0 Å². The van der Waals surface area contributed by atoms with E-state index in [9.17, 15) is 0 Å². The molecular formula is C10H16N2OS. The molecule has 0 amide bonds. The summed E-state index contributed by atoms with van der Waals surface area (Å²) < 4.78 is 0. The Bertz CT molecular complexity index is 263. The van der Waals surface area contributed by atoms with E-state index in [1.54, 1.807) is 11.3 Å². The van der Waals surface area contributed by atoms with Gasteiger partial charge < -0.3 is 10.4 Å². The van der Waals surface area contributed by atoms with Gasteiger partial charge in [-0.3, -0.25) is 0 Å². The van der Waals surface area contributed by atoms with Crippen molar-refractivity contribution in [2.45, 2.75) is 19.3 Å². The van der Waals surface area contributed by atoms with Gasteiger partial charge in [0.15, 0.2) is 5.13 Å². The van der Waals surface area contributed by atoms with Crippen LogP contribution in [0.15, 0.2) is 11.6 Å². The van der Waals surface area contributed by atoms with Crippen LogP contribution in [0.5, 0.6) is 0 Å². The molecule has 1 heterocycles. The molecular weight excluding hydrogens is 196 g/mol. The van der Waals surface area contributed by atoms with Gasteiger partial charge in [0.25, 0.3) is 0 Å². The van der Waals surface area contributed by atoms with Crippen LogP contribution in [0.1, 0.15) is 19.3 Å². The van der Waals surface area contributed by atoms with Crippen molar-refractivity contribution in [2.75, 3.05) is 18.5 Å². The largest absolute Gasteiger partial charge is 0.396 e. The topological polar surface area (TPSA) is 45.1 Å². The highest BCUT2D eigenvalue weighted by Crippen LogP contribution is 2.31. The molecule has 3 nitrogen and oxygen atoms in total. The summed E-state index contributed by atoms with van der Waals surface area (Å²) in [5.41, 5.74) is 0. The van der Waals surface area contributed by atoms with Gasteiger partial charge in [-0.1, -0.05) is 6.42 Å². The molecule has 1 aliphatic rings. The maximum atomic E-state index is 9.15. The molecule has 0 saturated heterocycles. The zero-order chi connectivity index (χ0) is 9.80. The highest BCUT2D eigenvalue weighted by Gasteiger charge is 2.26. The molecule has 1 aromatic heterocycles. The Hall–Kier alpha value is -0.610. The summed E-state index contributed by atoms with van der Waals surface area (Å²) in [6, 6.07) is 0. The summed E-state index contributed by atoms with van der Waals surface area (Å²) in [5.74, 6) is 1.13. The summed E-state index contributed by atoms with van der Waals surface area (Å²) >= 11 is 1.63. The van der Waals surface area contributed by atoms with E-state index in [1.165, 1.54) is 19.3 Å². The summed E-state index contributed by atoms with van der Waals surface area (Å²) in [6.07, 6.45) is 5.49. The molecule has 1 fully saturated rings. The maximum absolute atomic E-state index is 9.15. The second-order valence-electron chi connectivity index (χ2n) is 3.85. The first kappa shape index (κ1) is 9.93. The average molecular weight is 212 g/mol. The zero-order valence-corrected chi connectivity index (χ0v) is 8.96. The Morgan fingerprint density at radius 3 is 3.07 bits per heavy atom. The molecule has 0 bridgehead atoms. The van der Waals surface area contributed by atoms with Gasteiger partial charge >= 0.3 is 0 Å². The third kappa shape index (κ3) is 2.25. The number of anilines is 1. The summed E-state index contributed by atoms with van der Waals surface area (Å²) in [5, 5.41) is 15.4. The summed E-state index contributed by atoms with van der Waals surface area (Å²) in [7, 11) is 0. The van der Waals surface area contributed by atoms with Crippen molar-refractivity contribution in [3.8, 4) is 0 Å². The fraction of sp³-hybridized carbons (Fsp3) is 0.700. The monoisotopic (exact) mass is 212 g/mol. The van der Waals surface area contributed by atoms with Gasteiger partial charge in [-0.05, 0) is 24.7 Å². The van der Waals surface area contributed by atoms with Gasteiger partial charge in [0.1, 0.15) is 0 Å². The number of thiazole rings is 1. The van der Waals surface area contributed by atoms with Crippen molar-refractivity contribution >= 4 is 16.5 Å². The number of nitrogens with one attached hydrogen (secondary N) is 1. The number of hydrogen-bond donors (Lipinski definition) is 2. The molecule has 1 saturated carbocycles. The van der Waals surface area contributed by atoms with Crippen LogP contribution >= 0.6 is 11.3 Å². The van der Waals surface area contributed by atoms with E-state index in [2.05, 4.69) is 10.3 Å². The van der Waals surface area contributed by atoms with E-state index in [4.69, 9.17) is 5.11 Å². The molecule has 0 radical (unpaired) electrons. The van der Waals surface area contributed by atoms with Crippen LogP contribution < -0.4 is 5.32 Å². The number of aliphatic hydroxyl groups is 1. The average Bonchev–Trinajstić information content (AvgIpc) is 2.85. The number of hydrogen-bond acceptors (Lipinski definition) is 4. The summed E-state index contributed by atoms with van der Waals surface area (Å²) in [6.45, 7) is 1.29. The lowest BCUT2D eigenvalue weighted by atomic mass is 9.97. The quantitative estimate of drug-likeness (QED) is 0.802. The lowest BCUT2D eigenvalue weighted by Crippen LogP contribution is -2.20. The Morgan fingerprint density at radius 2 is 2.36 bits per heavy atom. The Labute approximate surface area is 88.2 Å². The van der Waals surface area contributed by atoms with Crippen molar-refractivity contribution in [3.63, 3.8) is 0 Å². The van der Waals surface area contributed by atoms with Gasteiger partial charge in [-0.15, -0.1) is 11.3 Å². The number of rotatable bonds is 4. The molecule has 1 aromatic rings. The minimum absolute atomic E-state index is 0.338. The van der Waals surface area contributed by atoms with Crippen molar-refractivity contribution in [2.24, 2.45) is 11.8 Å². The Balaban J connectivity index is 1.80. The van der Waals surface area contributed by atoms with E-state index < -0.39 is 0 Å². The van der Waals surface area contributed by atoms with Gasteiger partial charge in [-0.2, -0.15) is 0 Å². The molecule has 4 heteroatoms. The third-order valence-electron chi connectivity index (χ3n) is 3.00. The number of aromatic nitrogens is 1. The van der Waals surface area contributed by atoms with Crippen LogP contribution in [0, 0.1) is 11.8 Å². The fourth-order valence-corrected chi connectivity index (χ4v) is 2.69. The maximum Gasteiger partial charge on any atom is 0.182 e. The van der Waals surface area contributed by atoms with E-state index in [0.29, 0.717) is 18.4 Å². The molecule has 0 aromatic carbocycles. The van der Waals surface area contributed by atoms with Crippen molar-refractivity contribution < 1.29 is 5.11 Å². The zero-order valence-electron chi connectivity index (χ0n) is 8.15. The molecule has 2 atom stereocenters. The minimum atomic E-state index is 0.338. The van der Waals surface area contributed by atoms with Crippen LogP contribution in [0.25, 0.3) is 0 Å². The first-order valence-corrected chi connectivity index (χ1v) is 6.02. The normalized spacial score (nSPS) is 26.6. The van der Waals surface area contributed by atoms with E-state index >= 15 is 0 Å². The first-order valence-electron chi connectivity index (χ1n) is 5.14. The highest BCUT2D eigenvalue weighted by molar-refractivity contribution is 7.13. The smallest absolute Gasteiger partial charge is 0.182 e. The first-order chi connectivity index (χ1) is 6.90. The van der Waals surface area contributed by atoms with Crippen molar-refractivity contribution in [3.05, 3.63) is 11.6 Å². The van der Waals surface area contributed by atoms with Crippen LogP contribution in [-0.4, -0.2) is 23.2 Å². The SMILES string of the molecule is OCC1CCCC1CNc1nccs1. The molecule has 1 aliphatic carbocycles. The van der Waals surface area contributed by atoms with Crippen LogP contribution in [0.2, 0.25) is 0 Å². The van der Waals surface area contributed by atoms with Gasteiger partial charge in [0, 0.05) is 24.7 Å².